The Kier molecular flexibility index (Phi) is 7.22. The molecule has 8 heteroatoms. The highest BCUT2D eigenvalue weighted by Crippen LogP contribution is 2.39. The smallest absolute Gasteiger partial charge is 0.327 e. The van der Waals surface area contributed by atoms with Crippen LogP contribution in [0.25, 0.3) is 0 Å². The molecule has 2 aliphatic heterocycles. The minimum Gasteiger partial charge on any atom is -0.480 e. The summed E-state index contributed by atoms with van der Waals surface area (Å²) >= 11 is 0. The molecule has 0 bridgehead atoms. The van der Waals surface area contributed by atoms with Crippen LogP contribution in [0, 0.1) is 0 Å². The van der Waals surface area contributed by atoms with Crippen LogP contribution in [0.3, 0.4) is 0 Å². The molecule has 2 atom stereocenters. The summed E-state index contributed by atoms with van der Waals surface area (Å²) in [7, 11) is 0. The van der Waals surface area contributed by atoms with E-state index >= 15 is 0 Å². The van der Waals surface area contributed by atoms with Crippen LogP contribution in [0.15, 0.2) is 78.9 Å². The summed E-state index contributed by atoms with van der Waals surface area (Å²) in [4.78, 5) is 52.6. The Balaban J connectivity index is 1.22. The van der Waals surface area contributed by atoms with Gasteiger partial charge in [0, 0.05) is 19.4 Å². The molecule has 8 nitrogen and oxygen atoms in total. The van der Waals surface area contributed by atoms with Gasteiger partial charge in [0.15, 0.2) is 0 Å². The van der Waals surface area contributed by atoms with Gasteiger partial charge in [-0.25, -0.2) is 4.79 Å². The number of nitrogens with zero attached hydrogens (tertiary/aromatic N) is 1. The first kappa shape index (κ1) is 25.2. The third kappa shape index (κ3) is 5.02. The fourth-order valence-corrected chi connectivity index (χ4v) is 5.42. The number of aliphatic carboxylic acids is 1. The molecule has 3 aromatic rings. The van der Waals surface area contributed by atoms with Crippen molar-refractivity contribution in [1.82, 2.24) is 10.6 Å². The second-order valence-corrected chi connectivity index (χ2v) is 9.65. The van der Waals surface area contributed by atoms with Crippen LogP contribution in [0.4, 0.5) is 5.69 Å². The molecule has 0 unspecified atom stereocenters. The van der Waals surface area contributed by atoms with Crippen molar-refractivity contribution in [2.75, 3.05) is 11.4 Å². The zero-order valence-electron chi connectivity index (χ0n) is 20.8. The van der Waals surface area contributed by atoms with Crippen LogP contribution in [0.1, 0.15) is 41.0 Å². The topological polar surface area (TPSA) is 116 Å². The summed E-state index contributed by atoms with van der Waals surface area (Å²) < 4.78 is 0. The van der Waals surface area contributed by atoms with Crippen molar-refractivity contribution in [3.8, 4) is 0 Å². The molecule has 2 aliphatic rings. The lowest BCUT2D eigenvalue weighted by Crippen LogP contribution is -2.52. The van der Waals surface area contributed by atoms with Crippen molar-refractivity contribution < 1.29 is 24.3 Å². The van der Waals surface area contributed by atoms with Gasteiger partial charge in [0.05, 0.1) is 11.6 Å². The average Bonchev–Trinajstić information content (AvgIpc) is 3.26. The molecule has 0 aliphatic carbocycles. The zero-order chi connectivity index (χ0) is 26.6. The number of aryl methyl sites for hydroxylation is 1. The normalized spacial score (nSPS) is 18.0. The van der Waals surface area contributed by atoms with Crippen LogP contribution >= 0.6 is 0 Å². The summed E-state index contributed by atoms with van der Waals surface area (Å²) in [6, 6.07) is 22.7. The van der Waals surface area contributed by atoms with Gasteiger partial charge < -0.3 is 15.7 Å². The van der Waals surface area contributed by atoms with Crippen molar-refractivity contribution in [3.63, 3.8) is 0 Å². The number of carboxylic acids is 1. The molecular weight excluding hydrogens is 482 g/mol. The molecule has 0 saturated carbocycles. The van der Waals surface area contributed by atoms with E-state index in [1.807, 2.05) is 78.9 Å². The minimum absolute atomic E-state index is 0.00756. The first-order valence-electron chi connectivity index (χ1n) is 12.8. The van der Waals surface area contributed by atoms with Gasteiger partial charge in [-0.05, 0) is 35.1 Å². The Morgan fingerprint density at radius 1 is 0.895 bits per heavy atom. The lowest BCUT2D eigenvalue weighted by molar-refractivity contribution is -0.140. The standard InChI is InChI=1S/C30H29N3O5/c34-25(16-17-31-28(35)26(19-8-3-1-4-9-19)20-10-5-2-6-11-20)32-23-15-14-21-12-7-13-22-18-24(30(37)38)33(27(21)22)29(23)36/h1-13,23-24,26H,14-18H2,(H,31,35)(H,32,34)(H,37,38)/t23-,24-/m0/s1. The molecule has 0 aromatic heterocycles. The number of anilines is 1. The van der Waals surface area contributed by atoms with Crippen molar-refractivity contribution in [1.29, 1.82) is 0 Å². The SMILES string of the molecule is O=C(CCNC(=O)C(c1ccccc1)c1ccccc1)N[C@H]1CCc2cccc3c2N(C1=O)[C@H](C(=O)O)C3. The Morgan fingerprint density at radius 3 is 2.16 bits per heavy atom. The number of hydrogen-bond acceptors (Lipinski definition) is 4. The minimum atomic E-state index is -1.07. The number of benzene rings is 3. The third-order valence-corrected chi connectivity index (χ3v) is 7.21. The zero-order valence-corrected chi connectivity index (χ0v) is 20.8. The molecule has 0 spiro atoms. The maximum Gasteiger partial charge on any atom is 0.327 e. The van der Waals surface area contributed by atoms with E-state index in [4.69, 9.17) is 0 Å². The van der Waals surface area contributed by atoms with E-state index in [9.17, 15) is 24.3 Å². The predicted octanol–water partition coefficient (Wildman–Crippen LogP) is 2.80. The van der Waals surface area contributed by atoms with Crippen molar-refractivity contribution in [2.24, 2.45) is 0 Å². The van der Waals surface area contributed by atoms with Gasteiger partial charge in [-0.2, -0.15) is 0 Å². The molecule has 0 saturated heterocycles. The summed E-state index contributed by atoms with van der Waals surface area (Å²) in [6.07, 6.45) is 1.17. The Hall–Kier alpha value is -4.46. The van der Waals surface area contributed by atoms with Crippen molar-refractivity contribution in [2.45, 2.75) is 43.7 Å². The molecule has 194 valence electrons. The van der Waals surface area contributed by atoms with Gasteiger partial charge in [-0.1, -0.05) is 78.9 Å². The quantitative estimate of drug-likeness (QED) is 0.430. The third-order valence-electron chi connectivity index (χ3n) is 7.21. The second kappa shape index (κ2) is 10.9. The van der Waals surface area contributed by atoms with E-state index in [0.29, 0.717) is 18.5 Å². The van der Waals surface area contributed by atoms with Gasteiger partial charge in [0.1, 0.15) is 12.1 Å². The number of carbonyl (C=O) groups excluding carboxylic acids is 3. The Labute approximate surface area is 220 Å². The maximum atomic E-state index is 13.4. The maximum absolute atomic E-state index is 13.4. The first-order valence-corrected chi connectivity index (χ1v) is 12.8. The molecule has 0 radical (unpaired) electrons. The molecule has 5 rings (SSSR count). The number of carboxylic acid groups (broad SMARTS) is 1. The first-order chi connectivity index (χ1) is 18.4. The van der Waals surface area contributed by atoms with Crippen LogP contribution in [0.5, 0.6) is 0 Å². The van der Waals surface area contributed by atoms with Crippen molar-refractivity contribution >= 4 is 29.4 Å². The molecule has 38 heavy (non-hydrogen) atoms. The van der Waals surface area contributed by atoms with Gasteiger partial charge in [-0.3, -0.25) is 19.3 Å². The van der Waals surface area contributed by atoms with Gasteiger partial charge >= 0.3 is 5.97 Å². The Morgan fingerprint density at radius 2 is 1.53 bits per heavy atom. The van der Waals surface area contributed by atoms with Crippen LogP contribution in [-0.2, 0) is 32.0 Å². The lowest BCUT2D eigenvalue weighted by atomic mass is 9.90. The largest absolute Gasteiger partial charge is 0.480 e. The molecular formula is C30H29N3O5. The Bertz CT molecular complexity index is 1320. The van der Waals surface area contributed by atoms with Crippen molar-refractivity contribution in [3.05, 3.63) is 101 Å². The van der Waals surface area contributed by atoms with E-state index in [1.165, 1.54) is 4.90 Å². The number of amides is 3. The highest BCUT2D eigenvalue weighted by Gasteiger charge is 2.44. The second-order valence-electron chi connectivity index (χ2n) is 9.65. The number of hydrogen-bond donors (Lipinski definition) is 3. The van der Waals surface area contributed by atoms with Gasteiger partial charge in [0.25, 0.3) is 0 Å². The average molecular weight is 512 g/mol. The molecule has 3 N–H and O–H groups in total. The monoisotopic (exact) mass is 511 g/mol. The fourth-order valence-electron chi connectivity index (χ4n) is 5.42. The summed E-state index contributed by atoms with van der Waals surface area (Å²) in [5, 5.41) is 15.4. The lowest BCUT2D eigenvalue weighted by Gasteiger charge is -2.26. The molecule has 3 amide bonds. The van der Waals surface area contributed by atoms with Crippen LogP contribution in [-0.4, -0.2) is 47.4 Å². The molecule has 2 heterocycles. The van der Waals surface area contributed by atoms with E-state index in [2.05, 4.69) is 10.6 Å². The highest BCUT2D eigenvalue weighted by atomic mass is 16.4. The fraction of sp³-hybridized carbons (Fsp3) is 0.267. The summed E-state index contributed by atoms with van der Waals surface area (Å²) in [5.74, 6) is -2.59. The van der Waals surface area contributed by atoms with E-state index in [-0.39, 0.29) is 31.2 Å². The van der Waals surface area contributed by atoms with Gasteiger partial charge in [-0.15, -0.1) is 0 Å². The summed E-state index contributed by atoms with van der Waals surface area (Å²) in [6.45, 7) is 0.105. The number of nitrogens with one attached hydrogen (secondary N) is 2. The van der Waals surface area contributed by atoms with Crippen LogP contribution in [0.2, 0.25) is 0 Å². The number of para-hydroxylation sites is 1. The van der Waals surface area contributed by atoms with Crippen LogP contribution < -0.4 is 15.5 Å². The van der Waals surface area contributed by atoms with E-state index < -0.39 is 29.9 Å². The molecule has 3 aromatic carbocycles. The van der Waals surface area contributed by atoms with Gasteiger partial charge in [0.2, 0.25) is 17.7 Å². The summed E-state index contributed by atoms with van der Waals surface area (Å²) in [5.41, 5.74) is 4.12. The van der Waals surface area contributed by atoms with E-state index in [0.717, 1.165) is 22.3 Å². The number of carbonyl (C=O) groups is 4. The molecule has 0 fully saturated rings. The van der Waals surface area contributed by atoms with E-state index in [1.54, 1.807) is 0 Å². The highest BCUT2D eigenvalue weighted by molar-refractivity contribution is 6.06. The number of rotatable bonds is 8. The predicted molar refractivity (Wildman–Crippen MR) is 142 cm³/mol.